The lowest BCUT2D eigenvalue weighted by molar-refractivity contribution is 0.0600. The Kier molecular flexibility index (Phi) is 4.88. The number of anilines is 2. The number of amides is 2. The van der Waals surface area contributed by atoms with Gasteiger partial charge in [-0.25, -0.2) is 9.59 Å². The zero-order valence-corrected chi connectivity index (χ0v) is 14.2. The first-order valence-corrected chi connectivity index (χ1v) is 8.15. The van der Waals surface area contributed by atoms with Gasteiger partial charge in [-0.05, 0) is 36.8 Å². The molecule has 2 aromatic carbocycles. The minimum absolute atomic E-state index is 0.0537. The summed E-state index contributed by atoms with van der Waals surface area (Å²) in [6.07, 6.45) is 0.748. The SMILES string of the molecule is CCC1CN(C(=O)Nc2cccc(C(=O)OC)c2)c2ccccc2O1. The molecule has 0 fully saturated rings. The molecule has 0 radical (unpaired) electrons. The van der Waals surface area contributed by atoms with Crippen LogP contribution in [0.2, 0.25) is 0 Å². The summed E-state index contributed by atoms with van der Waals surface area (Å²) in [5.74, 6) is 0.248. The Morgan fingerprint density at radius 3 is 2.80 bits per heavy atom. The first kappa shape index (κ1) is 16.8. The molecule has 0 aromatic heterocycles. The smallest absolute Gasteiger partial charge is 0.337 e. The first-order chi connectivity index (χ1) is 12.1. The fourth-order valence-corrected chi connectivity index (χ4v) is 2.74. The molecular weight excluding hydrogens is 320 g/mol. The van der Waals surface area contributed by atoms with Crippen molar-refractivity contribution in [1.82, 2.24) is 0 Å². The van der Waals surface area contributed by atoms with Crippen LogP contribution in [-0.4, -0.2) is 31.8 Å². The van der Waals surface area contributed by atoms with Gasteiger partial charge in [0.2, 0.25) is 0 Å². The molecule has 1 heterocycles. The van der Waals surface area contributed by atoms with Gasteiger partial charge in [0.1, 0.15) is 11.9 Å². The third kappa shape index (κ3) is 3.57. The molecule has 130 valence electrons. The molecule has 0 bridgehead atoms. The van der Waals surface area contributed by atoms with E-state index in [0.717, 1.165) is 12.1 Å². The highest BCUT2D eigenvalue weighted by atomic mass is 16.5. The van der Waals surface area contributed by atoms with Gasteiger partial charge in [0, 0.05) is 5.69 Å². The van der Waals surface area contributed by atoms with Crippen molar-refractivity contribution in [2.24, 2.45) is 0 Å². The predicted octanol–water partition coefficient (Wildman–Crippen LogP) is 3.68. The molecule has 6 heteroatoms. The number of para-hydroxylation sites is 2. The Labute approximate surface area is 146 Å². The Bertz CT molecular complexity index is 790. The lowest BCUT2D eigenvalue weighted by atomic mass is 10.1. The molecule has 3 rings (SSSR count). The second-order valence-electron chi connectivity index (χ2n) is 5.73. The lowest BCUT2D eigenvalue weighted by Crippen LogP contribution is -2.45. The summed E-state index contributed by atoms with van der Waals surface area (Å²) in [7, 11) is 1.32. The van der Waals surface area contributed by atoms with Gasteiger partial charge in [0.25, 0.3) is 0 Å². The van der Waals surface area contributed by atoms with Crippen LogP contribution in [0.25, 0.3) is 0 Å². The number of esters is 1. The molecule has 0 aliphatic carbocycles. The molecule has 25 heavy (non-hydrogen) atoms. The van der Waals surface area contributed by atoms with Crippen LogP contribution in [0.5, 0.6) is 5.75 Å². The largest absolute Gasteiger partial charge is 0.486 e. The normalized spacial score (nSPS) is 15.8. The molecule has 1 N–H and O–H groups in total. The molecule has 2 aromatic rings. The number of carbonyl (C=O) groups is 2. The van der Waals surface area contributed by atoms with E-state index in [-0.39, 0.29) is 12.1 Å². The number of fused-ring (bicyclic) bond motifs is 1. The van der Waals surface area contributed by atoms with Crippen molar-refractivity contribution in [1.29, 1.82) is 0 Å². The first-order valence-electron chi connectivity index (χ1n) is 8.15. The number of nitrogens with zero attached hydrogens (tertiary/aromatic N) is 1. The van der Waals surface area contributed by atoms with Crippen LogP contribution in [0.1, 0.15) is 23.7 Å². The summed E-state index contributed by atoms with van der Waals surface area (Å²) >= 11 is 0. The van der Waals surface area contributed by atoms with Gasteiger partial charge in [0.05, 0.1) is 24.9 Å². The number of rotatable bonds is 3. The van der Waals surface area contributed by atoms with E-state index in [1.165, 1.54) is 7.11 Å². The third-order valence-electron chi connectivity index (χ3n) is 4.07. The maximum Gasteiger partial charge on any atom is 0.337 e. The van der Waals surface area contributed by atoms with Gasteiger partial charge >= 0.3 is 12.0 Å². The summed E-state index contributed by atoms with van der Waals surface area (Å²) in [6, 6.07) is 13.8. The molecule has 0 spiro atoms. The van der Waals surface area contributed by atoms with Crippen LogP contribution in [0.15, 0.2) is 48.5 Å². The molecule has 0 saturated carbocycles. The standard InChI is InChI=1S/C19H20N2O4/c1-3-15-12-21(16-9-4-5-10-17(16)25-15)19(23)20-14-8-6-7-13(11-14)18(22)24-2/h4-11,15H,3,12H2,1-2H3,(H,20,23). The second kappa shape index (κ2) is 7.25. The minimum Gasteiger partial charge on any atom is -0.486 e. The molecule has 1 aliphatic rings. The van der Waals surface area contributed by atoms with Gasteiger partial charge in [-0.1, -0.05) is 25.1 Å². The molecule has 1 aliphatic heterocycles. The van der Waals surface area contributed by atoms with Crippen molar-refractivity contribution in [3.63, 3.8) is 0 Å². The zero-order valence-electron chi connectivity index (χ0n) is 14.2. The van der Waals surface area contributed by atoms with Gasteiger partial charge in [-0.3, -0.25) is 4.90 Å². The van der Waals surface area contributed by atoms with Gasteiger partial charge in [0.15, 0.2) is 0 Å². The quantitative estimate of drug-likeness (QED) is 0.866. The van der Waals surface area contributed by atoms with Crippen molar-refractivity contribution in [3.05, 3.63) is 54.1 Å². The number of hydrogen-bond acceptors (Lipinski definition) is 4. The Balaban J connectivity index is 1.82. The Morgan fingerprint density at radius 2 is 2.04 bits per heavy atom. The highest BCUT2D eigenvalue weighted by Crippen LogP contribution is 2.34. The van der Waals surface area contributed by atoms with Crippen molar-refractivity contribution >= 4 is 23.4 Å². The number of carbonyl (C=O) groups excluding carboxylic acids is 2. The minimum atomic E-state index is -0.445. The molecule has 0 saturated heterocycles. The van der Waals surface area contributed by atoms with Crippen molar-refractivity contribution in [2.75, 3.05) is 23.9 Å². The van der Waals surface area contributed by atoms with Gasteiger partial charge in [-0.2, -0.15) is 0 Å². The summed E-state index contributed by atoms with van der Waals surface area (Å²) in [6.45, 7) is 2.49. The van der Waals surface area contributed by atoms with E-state index in [2.05, 4.69) is 5.32 Å². The van der Waals surface area contributed by atoms with Crippen LogP contribution in [0.4, 0.5) is 16.2 Å². The lowest BCUT2D eigenvalue weighted by Gasteiger charge is -2.34. The summed E-state index contributed by atoms with van der Waals surface area (Å²) in [5.41, 5.74) is 1.65. The van der Waals surface area contributed by atoms with E-state index in [4.69, 9.17) is 9.47 Å². The van der Waals surface area contributed by atoms with Crippen molar-refractivity contribution in [2.45, 2.75) is 19.4 Å². The van der Waals surface area contributed by atoms with Crippen LogP contribution < -0.4 is 15.0 Å². The molecule has 1 unspecified atom stereocenters. The van der Waals surface area contributed by atoms with Gasteiger partial charge < -0.3 is 14.8 Å². The molecule has 2 amide bonds. The Morgan fingerprint density at radius 1 is 1.24 bits per heavy atom. The summed E-state index contributed by atoms with van der Waals surface area (Å²) in [5, 5.41) is 2.84. The van der Waals surface area contributed by atoms with E-state index in [1.54, 1.807) is 29.2 Å². The monoisotopic (exact) mass is 340 g/mol. The third-order valence-corrected chi connectivity index (χ3v) is 4.07. The molecular formula is C19H20N2O4. The van der Waals surface area contributed by atoms with Crippen LogP contribution >= 0.6 is 0 Å². The average molecular weight is 340 g/mol. The van der Waals surface area contributed by atoms with Crippen LogP contribution in [0.3, 0.4) is 0 Å². The maximum atomic E-state index is 12.8. The molecule has 6 nitrogen and oxygen atoms in total. The van der Waals surface area contributed by atoms with E-state index in [0.29, 0.717) is 23.5 Å². The van der Waals surface area contributed by atoms with E-state index < -0.39 is 5.97 Å². The van der Waals surface area contributed by atoms with E-state index in [9.17, 15) is 9.59 Å². The summed E-state index contributed by atoms with van der Waals surface area (Å²) in [4.78, 5) is 26.1. The number of ether oxygens (including phenoxy) is 2. The fraction of sp³-hybridized carbons (Fsp3) is 0.263. The number of hydrogen-bond donors (Lipinski definition) is 1. The van der Waals surface area contributed by atoms with E-state index >= 15 is 0 Å². The highest BCUT2D eigenvalue weighted by Gasteiger charge is 2.28. The second-order valence-corrected chi connectivity index (χ2v) is 5.73. The number of nitrogens with one attached hydrogen (secondary N) is 1. The highest BCUT2D eigenvalue weighted by molar-refractivity contribution is 6.03. The van der Waals surface area contributed by atoms with Crippen molar-refractivity contribution in [3.8, 4) is 5.75 Å². The average Bonchev–Trinajstić information content (AvgIpc) is 2.66. The predicted molar refractivity (Wildman–Crippen MR) is 95.3 cm³/mol. The van der Waals surface area contributed by atoms with Crippen LogP contribution in [-0.2, 0) is 4.74 Å². The van der Waals surface area contributed by atoms with E-state index in [1.807, 2.05) is 31.2 Å². The number of urea groups is 1. The molecule has 1 atom stereocenters. The topological polar surface area (TPSA) is 67.9 Å². The number of benzene rings is 2. The van der Waals surface area contributed by atoms with Crippen LogP contribution in [0, 0.1) is 0 Å². The van der Waals surface area contributed by atoms with Crippen molar-refractivity contribution < 1.29 is 19.1 Å². The Hall–Kier alpha value is -3.02. The summed E-state index contributed by atoms with van der Waals surface area (Å²) < 4.78 is 10.6. The number of methoxy groups -OCH3 is 1. The maximum absolute atomic E-state index is 12.8. The van der Waals surface area contributed by atoms with Gasteiger partial charge in [-0.15, -0.1) is 0 Å². The zero-order chi connectivity index (χ0) is 17.8. The fourth-order valence-electron chi connectivity index (χ4n) is 2.74.